The lowest BCUT2D eigenvalue weighted by molar-refractivity contribution is 0.0710. The van der Waals surface area contributed by atoms with Crippen molar-refractivity contribution in [2.24, 2.45) is 0 Å². The van der Waals surface area contributed by atoms with Crippen molar-refractivity contribution in [3.05, 3.63) is 68.9 Å². The van der Waals surface area contributed by atoms with Crippen LogP contribution in [0.25, 0.3) is 0 Å². The average Bonchev–Trinajstić information content (AvgIpc) is 3.61. The number of aryl methyl sites for hydroxylation is 1. The maximum Gasteiger partial charge on any atom is 0.270 e. The number of benzene rings is 1. The van der Waals surface area contributed by atoms with Gasteiger partial charge in [0.2, 0.25) is 0 Å². The molecule has 1 aliphatic carbocycles. The smallest absolute Gasteiger partial charge is 0.270 e. The van der Waals surface area contributed by atoms with Gasteiger partial charge in [-0.3, -0.25) is 14.4 Å². The number of nitrogens with one attached hydrogen (secondary N) is 1. The standard InChI is InChI=1S/C22H24FN3O5S/c1-14-2-3-15(12-18(14)23)13-24-20(27)17-6-7-19-22(29)25(8-9-26(19)21(17)28)10-11-32(30,31)16-4-5-16/h2-3,6-7,12,16H,4-5,8-11,13H2,1H3,(H,24,27). The minimum Gasteiger partial charge on any atom is -0.348 e. The molecule has 1 N–H and O–H groups in total. The molecule has 0 radical (unpaired) electrons. The third-order valence-electron chi connectivity index (χ3n) is 5.89. The van der Waals surface area contributed by atoms with E-state index in [0.29, 0.717) is 24.0 Å². The number of carbonyl (C=O) groups excluding carboxylic acids is 2. The van der Waals surface area contributed by atoms with Gasteiger partial charge in [-0.1, -0.05) is 12.1 Å². The Morgan fingerprint density at radius 3 is 2.59 bits per heavy atom. The quantitative estimate of drug-likeness (QED) is 0.668. The van der Waals surface area contributed by atoms with Crippen molar-refractivity contribution in [2.75, 3.05) is 18.8 Å². The lowest BCUT2D eigenvalue weighted by Crippen LogP contribution is -2.47. The minimum absolute atomic E-state index is 0.0550. The summed E-state index contributed by atoms with van der Waals surface area (Å²) in [5.74, 6) is -1.51. The van der Waals surface area contributed by atoms with Crippen molar-refractivity contribution in [2.45, 2.75) is 38.1 Å². The first kappa shape index (κ1) is 22.2. The van der Waals surface area contributed by atoms with Gasteiger partial charge in [0.1, 0.15) is 17.1 Å². The molecule has 0 unspecified atom stereocenters. The summed E-state index contributed by atoms with van der Waals surface area (Å²) in [6.07, 6.45) is 1.36. The van der Waals surface area contributed by atoms with E-state index >= 15 is 0 Å². The van der Waals surface area contributed by atoms with Gasteiger partial charge in [-0.2, -0.15) is 0 Å². The summed E-state index contributed by atoms with van der Waals surface area (Å²) in [5, 5.41) is 2.32. The van der Waals surface area contributed by atoms with Crippen molar-refractivity contribution >= 4 is 21.7 Å². The molecule has 0 saturated heterocycles. The summed E-state index contributed by atoms with van der Waals surface area (Å²) in [6.45, 7) is 2.15. The number of amides is 2. The molecule has 1 aromatic carbocycles. The zero-order valence-corrected chi connectivity index (χ0v) is 18.5. The topological polar surface area (TPSA) is 106 Å². The normalized spacial score (nSPS) is 16.1. The predicted octanol–water partition coefficient (Wildman–Crippen LogP) is 1.26. The van der Waals surface area contributed by atoms with Gasteiger partial charge in [0.05, 0.1) is 11.0 Å². The van der Waals surface area contributed by atoms with Crippen molar-refractivity contribution in [1.29, 1.82) is 0 Å². The third-order valence-corrected chi connectivity index (χ3v) is 8.12. The summed E-state index contributed by atoms with van der Waals surface area (Å²) in [4.78, 5) is 39.5. The van der Waals surface area contributed by atoms with E-state index < -0.39 is 27.2 Å². The minimum atomic E-state index is -3.19. The first-order valence-corrected chi connectivity index (χ1v) is 12.2. The molecule has 2 aromatic rings. The van der Waals surface area contributed by atoms with Crippen molar-refractivity contribution in [3.8, 4) is 0 Å². The molecule has 10 heteroatoms. The van der Waals surface area contributed by atoms with E-state index in [1.807, 2.05) is 0 Å². The molecule has 1 fully saturated rings. The fourth-order valence-electron chi connectivity index (χ4n) is 3.71. The summed E-state index contributed by atoms with van der Waals surface area (Å²) in [6, 6.07) is 7.33. The molecule has 0 spiro atoms. The van der Waals surface area contributed by atoms with Crippen LogP contribution in [0.1, 0.15) is 44.8 Å². The summed E-state index contributed by atoms with van der Waals surface area (Å²) >= 11 is 0. The van der Waals surface area contributed by atoms with Crippen LogP contribution in [0, 0.1) is 12.7 Å². The Morgan fingerprint density at radius 2 is 1.91 bits per heavy atom. The molecule has 8 nitrogen and oxygen atoms in total. The van der Waals surface area contributed by atoms with Crippen LogP contribution in [0.15, 0.2) is 35.1 Å². The average molecular weight is 462 g/mol. The highest BCUT2D eigenvalue weighted by atomic mass is 32.2. The van der Waals surface area contributed by atoms with E-state index in [4.69, 9.17) is 0 Å². The summed E-state index contributed by atoms with van der Waals surface area (Å²) < 4.78 is 39.1. The number of hydrogen-bond acceptors (Lipinski definition) is 5. The van der Waals surface area contributed by atoms with Crippen LogP contribution in [0.2, 0.25) is 0 Å². The van der Waals surface area contributed by atoms with Gasteiger partial charge in [-0.05, 0) is 49.1 Å². The second-order valence-electron chi connectivity index (χ2n) is 8.21. The Balaban J connectivity index is 1.44. The van der Waals surface area contributed by atoms with Gasteiger partial charge in [0.25, 0.3) is 17.4 Å². The number of aromatic nitrogens is 1. The molecule has 2 heterocycles. The van der Waals surface area contributed by atoms with Crippen LogP contribution in [0.5, 0.6) is 0 Å². The number of carbonyl (C=O) groups is 2. The first-order valence-electron chi connectivity index (χ1n) is 10.5. The van der Waals surface area contributed by atoms with Crippen LogP contribution >= 0.6 is 0 Å². The van der Waals surface area contributed by atoms with Crippen LogP contribution in [-0.4, -0.2) is 53.8 Å². The fraction of sp³-hybridized carbons (Fsp3) is 0.409. The lowest BCUT2D eigenvalue weighted by Gasteiger charge is -2.29. The largest absolute Gasteiger partial charge is 0.348 e. The van der Waals surface area contributed by atoms with Crippen molar-refractivity contribution < 1.29 is 22.4 Å². The van der Waals surface area contributed by atoms with Crippen LogP contribution in [0.4, 0.5) is 4.39 Å². The second kappa shape index (κ2) is 8.50. The molecule has 2 amide bonds. The molecule has 4 rings (SSSR count). The summed E-state index contributed by atoms with van der Waals surface area (Å²) in [5.41, 5.74) is 0.484. The Hall–Kier alpha value is -3.01. The third kappa shape index (κ3) is 4.45. The fourth-order valence-corrected chi connectivity index (χ4v) is 5.38. The van der Waals surface area contributed by atoms with Gasteiger partial charge >= 0.3 is 0 Å². The molecular formula is C22H24FN3O5S. The zero-order chi connectivity index (χ0) is 23.0. The number of rotatable bonds is 7. The molecule has 1 aromatic heterocycles. The number of fused-ring (bicyclic) bond motifs is 1. The van der Waals surface area contributed by atoms with Crippen LogP contribution < -0.4 is 10.9 Å². The number of hydrogen-bond donors (Lipinski definition) is 1. The Bertz CT molecular complexity index is 1250. The molecule has 0 bridgehead atoms. The molecule has 170 valence electrons. The maximum atomic E-state index is 13.7. The maximum absolute atomic E-state index is 13.7. The monoisotopic (exact) mass is 461 g/mol. The van der Waals surface area contributed by atoms with Crippen molar-refractivity contribution in [1.82, 2.24) is 14.8 Å². The number of pyridine rings is 1. The highest BCUT2D eigenvalue weighted by Gasteiger charge is 2.36. The zero-order valence-electron chi connectivity index (χ0n) is 17.6. The highest BCUT2D eigenvalue weighted by molar-refractivity contribution is 7.92. The van der Waals surface area contributed by atoms with E-state index in [-0.39, 0.29) is 54.3 Å². The molecule has 0 atom stereocenters. The SMILES string of the molecule is Cc1ccc(CNC(=O)c2ccc3n(c2=O)CCN(CCS(=O)(=O)C2CC2)C3=O)cc1F. The second-order valence-corrected chi connectivity index (χ2v) is 10.6. The van der Waals surface area contributed by atoms with E-state index in [9.17, 15) is 27.2 Å². The van der Waals surface area contributed by atoms with Crippen LogP contribution in [-0.2, 0) is 22.9 Å². The van der Waals surface area contributed by atoms with Gasteiger partial charge in [-0.25, -0.2) is 12.8 Å². The van der Waals surface area contributed by atoms with Gasteiger partial charge in [-0.15, -0.1) is 0 Å². The number of nitrogens with zero attached hydrogens (tertiary/aromatic N) is 2. The lowest BCUT2D eigenvalue weighted by atomic mass is 10.1. The van der Waals surface area contributed by atoms with Gasteiger partial charge < -0.3 is 14.8 Å². The number of halogens is 1. The molecule has 32 heavy (non-hydrogen) atoms. The van der Waals surface area contributed by atoms with Gasteiger partial charge in [0, 0.05) is 26.2 Å². The molecular weight excluding hydrogens is 437 g/mol. The molecule has 1 saturated carbocycles. The summed E-state index contributed by atoms with van der Waals surface area (Å²) in [7, 11) is -3.19. The van der Waals surface area contributed by atoms with E-state index in [2.05, 4.69) is 5.32 Å². The molecule has 1 aliphatic heterocycles. The number of sulfone groups is 1. The van der Waals surface area contributed by atoms with Crippen molar-refractivity contribution in [3.63, 3.8) is 0 Å². The molecule has 2 aliphatic rings. The highest BCUT2D eigenvalue weighted by Crippen LogP contribution is 2.29. The Kier molecular flexibility index (Phi) is 5.89. The van der Waals surface area contributed by atoms with Gasteiger partial charge in [0.15, 0.2) is 9.84 Å². The van der Waals surface area contributed by atoms with E-state index in [0.717, 1.165) is 0 Å². The predicted molar refractivity (Wildman–Crippen MR) is 116 cm³/mol. The van der Waals surface area contributed by atoms with Crippen LogP contribution in [0.3, 0.4) is 0 Å². The Labute approximate surface area is 185 Å². The van der Waals surface area contributed by atoms with E-state index in [1.165, 1.54) is 27.7 Å². The van der Waals surface area contributed by atoms with E-state index in [1.54, 1.807) is 19.1 Å². The Morgan fingerprint density at radius 1 is 1.16 bits per heavy atom. The first-order chi connectivity index (χ1) is 15.2.